The van der Waals surface area contributed by atoms with Gasteiger partial charge < -0.3 is 24.7 Å². The molecule has 4 aromatic heterocycles. The van der Waals surface area contributed by atoms with Crippen molar-refractivity contribution in [2.24, 2.45) is 0 Å². The fourth-order valence-electron chi connectivity index (χ4n) is 4.59. The van der Waals surface area contributed by atoms with Gasteiger partial charge in [-0.3, -0.25) is 0 Å². The normalized spacial score (nSPS) is 14.9. The Kier molecular flexibility index (Phi) is 4.73. The second kappa shape index (κ2) is 7.90. The highest BCUT2D eigenvalue weighted by Crippen LogP contribution is 2.35. The monoisotopic (exact) mass is 440 g/mol. The zero-order chi connectivity index (χ0) is 22.4. The number of H-pyrrole nitrogens is 2. The third-order valence-corrected chi connectivity index (χ3v) is 6.37. The van der Waals surface area contributed by atoms with E-state index in [9.17, 15) is 5.11 Å². The first-order valence-corrected chi connectivity index (χ1v) is 11.1. The summed E-state index contributed by atoms with van der Waals surface area (Å²) in [5, 5.41) is 10.8. The second-order valence-corrected chi connectivity index (χ2v) is 8.38. The number of rotatable bonds is 4. The first-order valence-electron chi connectivity index (χ1n) is 11.1. The predicted molar refractivity (Wildman–Crippen MR) is 128 cm³/mol. The molecule has 0 atom stereocenters. The molecule has 1 saturated heterocycles. The van der Waals surface area contributed by atoms with Crippen LogP contribution >= 0.6 is 0 Å². The molecule has 0 spiro atoms. The molecule has 8 nitrogen and oxygen atoms in total. The molecule has 0 radical (unpaired) electrons. The van der Waals surface area contributed by atoms with Gasteiger partial charge in [0, 0.05) is 48.3 Å². The number of benzene rings is 1. The van der Waals surface area contributed by atoms with Crippen molar-refractivity contribution in [3.63, 3.8) is 0 Å². The van der Waals surface area contributed by atoms with Gasteiger partial charge in [-0.25, -0.2) is 15.0 Å². The van der Waals surface area contributed by atoms with Crippen molar-refractivity contribution in [3.05, 3.63) is 55.0 Å². The van der Waals surface area contributed by atoms with E-state index in [2.05, 4.69) is 49.1 Å². The quantitative estimate of drug-likeness (QED) is 0.388. The summed E-state index contributed by atoms with van der Waals surface area (Å²) < 4.78 is 5.57. The number of imidazole rings is 1. The number of aliphatic hydroxyl groups is 1. The van der Waals surface area contributed by atoms with Crippen molar-refractivity contribution in [1.29, 1.82) is 0 Å². The molecular formula is C25H24N6O2. The predicted octanol–water partition coefficient (Wildman–Crippen LogP) is 4.14. The lowest BCUT2D eigenvalue weighted by atomic mass is 10.0. The average Bonchev–Trinajstić information content (AvgIpc) is 3.50. The smallest absolute Gasteiger partial charge is 0.224 e. The summed E-state index contributed by atoms with van der Waals surface area (Å²) in [5.74, 6) is 1.23. The van der Waals surface area contributed by atoms with E-state index < -0.39 is 0 Å². The summed E-state index contributed by atoms with van der Waals surface area (Å²) in [5.41, 5.74) is 6.61. The minimum atomic E-state index is -0.192. The summed E-state index contributed by atoms with van der Waals surface area (Å²) in [6.07, 6.45) is 6.89. The van der Waals surface area contributed by atoms with Gasteiger partial charge >= 0.3 is 0 Å². The molecule has 5 heterocycles. The summed E-state index contributed by atoms with van der Waals surface area (Å²) in [6, 6.07) is 12.3. The maximum absolute atomic E-state index is 9.81. The number of fused-ring (bicyclic) bond motifs is 2. The first-order chi connectivity index (χ1) is 16.2. The van der Waals surface area contributed by atoms with Gasteiger partial charge in [0.15, 0.2) is 0 Å². The molecule has 3 N–H and O–H groups in total. The zero-order valence-electron chi connectivity index (χ0n) is 18.2. The Balaban J connectivity index is 1.41. The standard InChI is InChI=1S/C25H24N6O2/c1-33-25-20(12-15(14-28-25)18-4-8-26-23-19(18)5-9-27-23)24-29-21-3-2-16(13-22(21)30-24)31-10-6-17(32)7-11-31/h2-5,8-9,12-14,17,32H,6-7,10-11H2,1H3,(H,26,27)(H,29,30). The Hall–Kier alpha value is -3.91. The highest BCUT2D eigenvalue weighted by atomic mass is 16.5. The van der Waals surface area contributed by atoms with Crippen LogP contribution in [0.3, 0.4) is 0 Å². The van der Waals surface area contributed by atoms with Crippen LogP contribution in [0.25, 0.3) is 44.6 Å². The van der Waals surface area contributed by atoms with Crippen LogP contribution in [0.5, 0.6) is 5.88 Å². The SMILES string of the molecule is COc1ncc(-c2ccnc3[nH]ccc23)cc1-c1nc2cc(N3CCC(O)CC3)ccc2[nH]1. The zero-order valence-corrected chi connectivity index (χ0v) is 18.2. The topological polar surface area (TPSA) is 103 Å². The van der Waals surface area contributed by atoms with Crippen LogP contribution in [0.4, 0.5) is 5.69 Å². The molecule has 0 bridgehead atoms. The van der Waals surface area contributed by atoms with E-state index in [1.54, 1.807) is 13.3 Å². The van der Waals surface area contributed by atoms with Gasteiger partial charge in [-0.15, -0.1) is 0 Å². The Morgan fingerprint density at radius 3 is 2.79 bits per heavy atom. The number of methoxy groups -OCH3 is 1. The van der Waals surface area contributed by atoms with Gasteiger partial charge in [-0.2, -0.15) is 0 Å². The van der Waals surface area contributed by atoms with Gasteiger partial charge in [0.2, 0.25) is 5.88 Å². The van der Waals surface area contributed by atoms with E-state index in [-0.39, 0.29) is 6.10 Å². The number of piperidine rings is 1. The van der Waals surface area contributed by atoms with Crippen molar-refractivity contribution < 1.29 is 9.84 Å². The van der Waals surface area contributed by atoms with E-state index in [4.69, 9.17) is 9.72 Å². The minimum Gasteiger partial charge on any atom is -0.480 e. The lowest BCUT2D eigenvalue weighted by molar-refractivity contribution is 0.145. The van der Waals surface area contributed by atoms with Crippen LogP contribution < -0.4 is 9.64 Å². The Bertz CT molecular complexity index is 1450. The molecule has 1 aliphatic heterocycles. The molecule has 0 amide bonds. The van der Waals surface area contributed by atoms with Crippen molar-refractivity contribution >= 4 is 27.8 Å². The maximum atomic E-state index is 9.81. The molecule has 33 heavy (non-hydrogen) atoms. The van der Waals surface area contributed by atoms with Crippen LogP contribution in [0.2, 0.25) is 0 Å². The summed E-state index contributed by atoms with van der Waals surface area (Å²) >= 11 is 0. The first kappa shape index (κ1) is 19.8. The molecule has 8 heteroatoms. The van der Waals surface area contributed by atoms with Crippen LogP contribution in [0, 0.1) is 0 Å². The number of ether oxygens (including phenoxy) is 1. The van der Waals surface area contributed by atoms with E-state index in [0.717, 1.165) is 70.4 Å². The molecule has 0 unspecified atom stereocenters. The van der Waals surface area contributed by atoms with Gasteiger partial charge in [-0.1, -0.05) is 0 Å². The molecule has 5 aromatic rings. The third kappa shape index (κ3) is 3.48. The van der Waals surface area contributed by atoms with Crippen LogP contribution in [-0.4, -0.2) is 56.3 Å². The number of aromatic amines is 2. The number of nitrogens with one attached hydrogen (secondary N) is 2. The van der Waals surface area contributed by atoms with Crippen molar-refractivity contribution in [3.8, 4) is 28.4 Å². The Morgan fingerprint density at radius 1 is 1.06 bits per heavy atom. The van der Waals surface area contributed by atoms with Crippen LogP contribution in [0.15, 0.2) is 55.0 Å². The van der Waals surface area contributed by atoms with Crippen LogP contribution in [-0.2, 0) is 0 Å². The number of hydrogen-bond donors (Lipinski definition) is 3. The largest absolute Gasteiger partial charge is 0.480 e. The fraction of sp³-hybridized carbons (Fsp3) is 0.240. The summed E-state index contributed by atoms with van der Waals surface area (Å²) in [7, 11) is 1.62. The van der Waals surface area contributed by atoms with Crippen molar-refractivity contribution in [1.82, 2.24) is 24.9 Å². The highest BCUT2D eigenvalue weighted by Gasteiger charge is 2.19. The molecule has 0 aliphatic carbocycles. The molecule has 166 valence electrons. The molecule has 1 aliphatic rings. The van der Waals surface area contributed by atoms with Gasteiger partial charge in [0.1, 0.15) is 11.5 Å². The average molecular weight is 441 g/mol. The molecular weight excluding hydrogens is 416 g/mol. The molecule has 6 rings (SSSR count). The van der Waals surface area contributed by atoms with E-state index in [1.807, 2.05) is 24.5 Å². The lowest BCUT2D eigenvalue weighted by Gasteiger charge is -2.31. The number of hydrogen-bond acceptors (Lipinski definition) is 6. The fourth-order valence-corrected chi connectivity index (χ4v) is 4.59. The van der Waals surface area contributed by atoms with Crippen molar-refractivity contribution in [2.75, 3.05) is 25.1 Å². The third-order valence-electron chi connectivity index (χ3n) is 6.37. The highest BCUT2D eigenvalue weighted by molar-refractivity contribution is 5.94. The molecule has 1 fully saturated rings. The van der Waals surface area contributed by atoms with Gasteiger partial charge in [0.25, 0.3) is 0 Å². The minimum absolute atomic E-state index is 0.192. The molecule has 1 aromatic carbocycles. The van der Waals surface area contributed by atoms with Crippen LogP contribution in [0.1, 0.15) is 12.8 Å². The Labute approximate surface area is 190 Å². The van der Waals surface area contributed by atoms with Gasteiger partial charge in [-0.05, 0) is 54.8 Å². The summed E-state index contributed by atoms with van der Waals surface area (Å²) in [4.78, 5) is 22.7. The van der Waals surface area contributed by atoms with E-state index >= 15 is 0 Å². The lowest BCUT2D eigenvalue weighted by Crippen LogP contribution is -2.35. The van der Waals surface area contributed by atoms with E-state index in [1.165, 1.54) is 0 Å². The van der Waals surface area contributed by atoms with Crippen molar-refractivity contribution in [2.45, 2.75) is 18.9 Å². The number of pyridine rings is 2. The summed E-state index contributed by atoms with van der Waals surface area (Å²) in [6.45, 7) is 1.70. The Morgan fingerprint density at radius 2 is 1.94 bits per heavy atom. The number of aliphatic hydroxyl groups excluding tert-OH is 1. The second-order valence-electron chi connectivity index (χ2n) is 8.38. The van der Waals surface area contributed by atoms with Gasteiger partial charge in [0.05, 0.1) is 29.8 Å². The number of anilines is 1. The van der Waals surface area contributed by atoms with E-state index in [0.29, 0.717) is 11.7 Å². The number of aromatic nitrogens is 5. The maximum Gasteiger partial charge on any atom is 0.224 e. The molecule has 0 saturated carbocycles. The number of nitrogens with zero attached hydrogens (tertiary/aromatic N) is 4.